The number of hydrogen-bond acceptors (Lipinski definition) is 4. The largest absolute Gasteiger partial charge is 0.349 e. The molecule has 0 bridgehead atoms. The van der Waals surface area contributed by atoms with Gasteiger partial charge in [-0.25, -0.2) is 5.48 Å². The predicted octanol–water partition coefficient (Wildman–Crippen LogP) is 2.46. The topological polar surface area (TPSA) is 91.3 Å². The van der Waals surface area contributed by atoms with Gasteiger partial charge in [0.25, 0.3) is 5.91 Å². The molecule has 6 heteroatoms. The highest BCUT2D eigenvalue weighted by Crippen LogP contribution is 2.26. The fourth-order valence-corrected chi connectivity index (χ4v) is 3.35. The molecule has 2 amide bonds. The fourth-order valence-electron chi connectivity index (χ4n) is 3.35. The maximum absolute atomic E-state index is 12.5. The van der Waals surface area contributed by atoms with Gasteiger partial charge in [0.2, 0.25) is 5.91 Å². The summed E-state index contributed by atoms with van der Waals surface area (Å²) in [5.74, 6) is -1.04. The first-order valence-electron chi connectivity index (χ1n) is 8.37. The minimum atomic E-state index is -0.441. The lowest BCUT2D eigenvalue weighted by Crippen LogP contribution is -2.43. The highest BCUT2D eigenvalue weighted by Gasteiger charge is 2.34. The van der Waals surface area contributed by atoms with E-state index in [1.54, 1.807) is 23.8 Å². The normalized spacial score (nSPS) is 19.4. The van der Waals surface area contributed by atoms with E-state index in [2.05, 4.69) is 10.3 Å². The average Bonchev–Trinajstić information content (AvgIpc) is 3.09. The molecule has 0 saturated heterocycles. The molecule has 1 aromatic heterocycles. The second-order valence-corrected chi connectivity index (χ2v) is 6.34. The maximum Gasteiger partial charge on any atom is 0.251 e. The average molecular weight is 339 g/mol. The summed E-state index contributed by atoms with van der Waals surface area (Å²) in [7, 11) is 0. The number of carbonyl (C=O) groups is 2. The van der Waals surface area contributed by atoms with Crippen LogP contribution in [0.15, 0.2) is 42.6 Å². The third-order valence-electron chi connectivity index (χ3n) is 4.71. The van der Waals surface area contributed by atoms with Crippen molar-refractivity contribution < 1.29 is 14.8 Å². The third kappa shape index (κ3) is 3.69. The number of benzene rings is 1. The van der Waals surface area contributed by atoms with Gasteiger partial charge < -0.3 is 5.32 Å². The first-order chi connectivity index (χ1) is 12.1. The van der Waals surface area contributed by atoms with Crippen LogP contribution in [0.25, 0.3) is 11.3 Å². The van der Waals surface area contributed by atoms with Crippen LogP contribution in [0.2, 0.25) is 0 Å². The van der Waals surface area contributed by atoms with Gasteiger partial charge in [-0.1, -0.05) is 24.6 Å². The molecule has 2 aromatic rings. The van der Waals surface area contributed by atoms with Crippen molar-refractivity contribution in [2.24, 2.45) is 5.92 Å². The van der Waals surface area contributed by atoms with Crippen LogP contribution in [0.1, 0.15) is 35.2 Å². The minimum absolute atomic E-state index is 0.216. The van der Waals surface area contributed by atoms with Crippen molar-refractivity contribution in [3.63, 3.8) is 0 Å². The van der Waals surface area contributed by atoms with E-state index < -0.39 is 5.91 Å². The van der Waals surface area contributed by atoms with Gasteiger partial charge in [-0.05, 0) is 43.5 Å². The lowest BCUT2D eigenvalue weighted by molar-refractivity contribution is -0.133. The number of nitrogens with zero attached hydrogens (tertiary/aromatic N) is 1. The van der Waals surface area contributed by atoms with E-state index in [0.29, 0.717) is 12.0 Å². The quantitative estimate of drug-likeness (QED) is 0.589. The smallest absolute Gasteiger partial charge is 0.251 e. The Morgan fingerprint density at radius 3 is 2.60 bits per heavy atom. The SMILES string of the molecule is Cc1cccnc1-c1ccc(C(=O)N[C@@H]2CCC[C@@H]2C(=O)NO)cc1. The Bertz CT molecular complexity index is 774. The summed E-state index contributed by atoms with van der Waals surface area (Å²) in [6.07, 6.45) is 3.99. The van der Waals surface area contributed by atoms with Gasteiger partial charge in [-0.3, -0.25) is 19.8 Å². The van der Waals surface area contributed by atoms with Crippen LogP contribution in [0, 0.1) is 12.8 Å². The summed E-state index contributed by atoms with van der Waals surface area (Å²) in [5, 5.41) is 11.7. The van der Waals surface area contributed by atoms with Gasteiger partial charge in [0.15, 0.2) is 0 Å². The van der Waals surface area contributed by atoms with E-state index >= 15 is 0 Å². The van der Waals surface area contributed by atoms with Crippen molar-refractivity contribution in [1.29, 1.82) is 0 Å². The van der Waals surface area contributed by atoms with E-state index in [1.807, 2.05) is 31.2 Å². The van der Waals surface area contributed by atoms with Crippen LogP contribution in [0.4, 0.5) is 0 Å². The monoisotopic (exact) mass is 339 g/mol. The Labute approximate surface area is 146 Å². The molecule has 0 aliphatic heterocycles. The molecule has 1 fully saturated rings. The standard InChI is InChI=1S/C19H21N3O3/c1-12-4-3-11-20-17(12)13-7-9-14(10-8-13)18(23)21-16-6-2-5-15(16)19(24)22-25/h3-4,7-11,15-16,25H,2,5-6H2,1H3,(H,21,23)(H,22,24)/t15-,16+/m0/s1. The molecular formula is C19H21N3O3. The Morgan fingerprint density at radius 2 is 1.92 bits per heavy atom. The highest BCUT2D eigenvalue weighted by atomic mass is 16.5. The summed E-state index contributed by atoms with van der Waals surface area (Å²) in [4.78, 5) is 28.5. The van der Waals surface area contributed by atoms with Crippen LogP contribution >= 0.6 is 0 Å². The number of pyridine rings is 1. The number of hydrogen-bond donors (Lipinski definition) is 3. The summed E-state index contributed by atoms with van der Waals surface area (Å²) >= 11 is 0. The molecule has 0 unspecified atom stereocenters. The van der Waals surface area contributed by atoms with Crippen molar-refractivity contribution in [3.05, 3.63) is 53.7 Å². The number of aromatic nitrogens is 1. The number of carbonyl (C=O) groups excluding carboxylic acids is 2. The van der Waals surface area contributed by atoms with Crippen LogP contribution < -0.4 is 10.8 Å². The molecule has 1 aromatic carbocycles. The van der Waals surface area contributed by atoms with Gasteiger partial charge in [-0.15, -0.1) is 0 Å². The zero-order valence-corrected chi connectivity index (χ0v) is 14.0. The molecule has 0 spiro atoms. The molecule has 1 aliphatic rings. The van der Waals surface area contributed by atoms with Gasteiger partial charge in [0, 0.05) is 23.4 Å². The third-order valence-corrected chi connectivity index (χ3v) is 4.71. The van der Waals surface area contributed by atoms with Crippen LogP contribution in [-0.2, 0) is 4.79 Å². The van der Waals surface area contributed by atoms with Crippen LogP contribution in [0.3, 0.4) is 0 Å². The predicted molar refractivity (Wildman–Crippen MR) is 92.9 cm³/mol. The number of hydroxylamine groups is 1. The molecule has 3 rings (SSSR count). The molecule has 25 heavy (non-hydrogen) atoms. The van der Waals surface area contributed by atoms with Crippen molar-refractivity contribution in [1.82, 2.24) is 15.8 Å². The second-order valence-electron chi connectivity index (χ2n) is 6.34. The molecular weight excluding hydrogens is 318 g/mol. The first kappa shape index (κ1) is 17.1. The summed E-state index contributed by atoms with van der Waals surface area (Å²) in [6.45, 7) is 2.00. The molecule has 1 heterocycles. The number of aryl methyl sites for hydroxylation is 1. The van der Waals surface area contributed by atoms with Crippen molar-refractivity contribution in [2.45, 2.75) is 32.2 Å². The van der Waals surface area contributed by atoms with Crippen LogP contribution in [-0.4, -0.2) is 28.0 Å². The zero-order valence-electron chi connectivity index (χ0n) is 14.0. The van der Waals surface area contributed by atoms with Crippen LogP contribution in [0.5, 0.6) is 0 Å². The van der Waals surface area contributed by atoms with E-state index in [-0.39, 0.29) is 17.9 Å². The molecule has 0 radical (unpaired) electrons. The molecule has 1 saturated carbocycles. The maximum atomic E-state index is 12.5. The highest BCUT2D eigenvalue weighted by molar-refractivity contribution is 5.95. The van der Waals surface area contributed by atoms with Crippen molar-refractivity contribution in [2.75, 3.05) is 0 Å². The first-order valence-corrected chi connectivity index (χ1v) is 8.37. The molecule has 2 atom stereocenters. The molecule has 3 N–H and O–H groups in total. The molecule has 1 aliphatic carbocycles. The number of rotatable bonds is 4. The fraction of sp³-hybridized carbons (Fsp3) is 0.316. The van der Waals surface area contributed by atoms with Crippen molar-refractivity contribution in [3.8, 4) is 11.3 Å². The lowest BCUT2D eigenvalue weighted by atomic mass is 10.0. The summed E-state index contributed by atoms with van der Waals surface area (Å²) in [5.41, 5.74) is 5.14. The Morgan fingerprint density at radius 1 is 1.16 bits per heavy atom. The summed E-state index contributed by atoms with van der Waals surface area (Å²) < 4.78 is 0. The Kier molecular flexibility index (Phi) is 5.09. The van der Waals surface area contributed by atoms with E-state index in [0.717, 1.165) is 29.7 Å². The number of amides is 2. The minimum Gasteiger partial charge on any atom is -0.349 e. The second kappa shape index (κ2) is 7.44. The van der Waals surface area contributed by atoms with Gasteiger partial charge in [-0.2, -0.15) is 0 Å². The van der Waals surface area contributed by atoms with Gasteiger partial charge in [0.1, 0.15) is 0 Å². The van der Waals surface area contributed by atoms with E-state index in [4.69, 9.17) is 5.21 Å². The molecule has 6 nitrogen and oxygen atoms in total. The van der Waals surface area contributed by atoms with Crippen molar-refractivity contribution >= 4 is 11.8 Å². The van der Waals surface area contributed by atoms with Gasteiger partial charge in [0.05, 0.1) is 11.6 Å². The van der Waals surface area contributed by atoms with Gasteiger partial charge >= 0.3 is 0 Å². The Hall–Kier alpha value is -2.73. The Balaban J connectivity index is 1.71. The number of nitrogens with one attached hydrogen (secondary N) is 2. The summed E-state index contributed by atoms with van der Waals surface area (Å²) in [6, 6.07) is 10.9. The lowest BCUT2D eigenvalue weighted by Gasteiger charge is -2.19. The van der Waals surface area contributed by atoms with E-state index in [1.165, 1.54) is 0 Å². The van der Waals surface area contributed by atoms with E-state index in [9.17, 15) is 9.59 Å². The zero-order chi connectivity index (χ0) is 17.8. The molecule has 130 valence electrons.